The van der Waals surface area contributed by atoms with Crippen LogP contribution < -0.4 is 0 Å². The molecule has 3 rings (SSSR count). The Bertz CT molecular complexity index is 883. The third kappa shape index (κ3) is 4.72. The van der Waals surface area contributed by atoms with Gasteiger partial charge in [-0.1, -0.05) is 40.9 Å². The SMILES string of the molecule is O=C(Cc1ccc(Cl)cc1Cl)N1CCN(C(=O)c2ccc(F)cc2Cl)CC1. The Labute approximate surface area is 171 Å². The Morgan fingerprint density at radius 1 is 0.889 bits per heavy atom. The number of rotatable bonds is 3. The van der Waals surface area contributed by atoms with E-state index < -0.39 is 5.82 Å². The molecule has 1 fully saturated rings. The average Bonchev–Trinajstić information content (AvgIpc) is 2.63. The molecule has 1 heterocycles. The van der Waals surface area contributed by atoms with E-state index in [1.165, 1.54) is 12.1 Å². The van der Waals surface area contributed by atoms with Crippen LogP contribution >= 0.6 is 34.8 Å². The lowest BCUT2D eigenvalue weighted by Gasteiger charge is -2.35. The van der Waals surface area contributed by atoms with Gasteiger partial charge in [-0.05, 0) is 35.9 Å². The first-order valence-electron chi connectivity index (χ1n) is 8.31. The highest BCUT2D eigenvalue weighted by molar-refractivity contribution is 6.35. The van der Waals surface area contributed by atoms with Crippen LogP contribution in [0, 0.1) is 5.82 Å². The minimum Gasteiger partial charge on any atom is -0.339 e. The number of halogens is 4. The van der Waals surface area contributed by atoms with Gasteiger partial charge in [-0.3, -0.25) is 9.59 Å². The fraction of sp³-hybridized carbons (Fsp3) is 0.263. The second-order valence-corrected chi connectivity index (χ2v) is 7.46. The number of carbonyl (C=O) groups is 2. The zero-order valence-corrected chi connectivity index (χ0v) is 16.5. The van der Waals surface area contributed by atoms with Gasteiger partial charge >= 0.3 is 0 Å². The Balaban J connectivity index is 1.59. The fourth-order valence-electron chi connectivity index (χ4n) is 2.93. The number of amides is 2. The molecule has 0 spiro atoms. The highest BCUT2D eigenvalue weighted by Gasteiger charge is 2.26. The van der Waals surface area contributed by atoms with E-state index in [4.69, 9.17) is 34.8 Å². The van der Waals surface area contributed by atoms with Crippen molar-refractivity contribution in [3.63, 3.8) is 0 Å². The van der Waals surface area contributed by atoms with E-state index in [0.29, 0.717) is 41.8 Å². The monoisotopic (exact) mass is 428 g/mol. The Morgan fingerprint density at radius 3 is 2.19 bits per heavy atom. The van der Waals surface area contributed by atoms with E-state index in [9.17, 15) is 14.0 Å². The molecule has 0 aromatic heterocycles. The van der Waals surface area contributed by atoms with Crippen LogP contribution in [0.4, 0.5) is 4.39 Å². The molecule has 8 heteroatoms. The summed E-state index contributed by atoms with van der Waals surface area (Å²) >= 11 is 18.0. The first-order valence-corrected chi connectivity index (χ1v) is 9.44. The van der Waals surface area contributed by atoms with Gasteiger partial charge in [0.1, 0.15) is 5.82 Å². The molecule has 0 radical (unpaired) electrons. The molecule has 0 aliphatic carbocycles. The zero-order chi connectivity index (χ0) is 19.6. The second kappa shape index (κ2) is 8.46. The van der Waals surface area contributed by atoms with Crippen LogP contribution in [-0.4, -0.2) is 47.8 Å². The van der Waals surface area contributed by atoms with Crippen LogP contribution in [0.5, 0.6) is 0 Å². The predicted molar refractivity (Wildman–Crippen MR) is 104 cm³/mol. The van der Waals surface area contributed by atoms with Crippen LogP contribution in [0.2, 0.25) is 15.1 Å². The molecule has 142 valence electrons. The van der Waals surface area contributed by atoms with Crippen molar-refractivity contribution >= 4 is 46.6 Å². The van der Waals surface area contributed by atoms with Gasteiger partial charge in [0.25, 0.3) is 5.91 Å². The van der Waals surface area contributed by atoms with Crippen LogP contribution in [-0.2, 0) is 11.2 Å². The number of hydrogen-bond acceptors (Lipinski definition) is 2. The van der Waals surface area contributed by atoms with Gasteiger partial charge in [0.2, 0.25) is 5.91 Å². The molecule has 0 saturated carbocycles. The number of benzene rings is 2. The summed E-state index contributed by atoms with van der Waals surface area (Å²) in [6.45, 7) is 1.59. The summed E-state index contributed by atoms with van der Waals surface area (Å²) in [6, 6.07) is 8.73. The normalized spacial score (nSPS) is 14.4. The number of nitrogens with zero attached hydrogens (tertiary/aromatic N) is 2. The Kier molecular flexibility index (Phi) is 6.25. The first kappa shape index (κ1) is 19.9. The van der Waals surface area contributed by atoms with Crippen molar-refractivity contribution in [2.75, 3.05) is 26.2 Å². The average molecular weight is 430 g/mol. The molecule has 0 N–H and O–H groups in total. The van der Waals surface area contributed by atoms with Gasteiger partial charge in [-0.25, -0.2) is 4.39 Å². The van der Waals surface area contributed by atoms with Crippen molar-refractivity contribution in [2.24, 2.45) is 0 Å². The highest BCUT2D eigenvalue weighted by Crippen LogP contribution is 2.23. The van der Waals surface area contributed by atoms with Gasteiger partial charge in [-0.2, -0.15) is 0 Å². The highest BCUT2D eigenvalue weighted by atomic mass is 35.5. The van der Waals surface area contributed by atoms with Crippen LogP contribution in [0.15, 0.2) is 36.4 Å². The Morgan fingerprint density at radius 2 is 1.56 bits per heavy atom. The lowest BCUT2D eigenvalue weighted by atomic mass is 10.1. The quantitative estimate of drug-likeness (QED) is 0.729. The van der Waals surface area contributed by atoms with Gasteiger partial charge in [0.15, 0.2) is 0 Å². The summed E-state index contributed by atoms with van der Waals surface area (Å²) in [4.78, 5) is 28.4. The van der Waals surface area contributed by atoms with Crippen molar-refractivity contribution in [3.05, 3.63) is 68.4 Å². The standard InChI is InChI=1S/C19H16Cl3FN2O2/c20-13-2-1-12(16(21)10-13)9-18(26)24-5-7-25(8-6-24)19(27)15-4-3-14(23)11-17(15)22/h1-4,10-11H,5-9H2. The van der Waals surface area contributed by atoms with Crippen LogP contribution in [0.25, 0.3) is 0 Å². The lowest BCUT2D eigenvalue weighted by molar-refractivity contribution is -0.131. The molecule has 0 atom stereocenters. The van der Waals surface area contributed by atoms with Gasteiger partial charge < -0.3 is 9.80 Å². The van der Waals surface area contributed by atoms with Crippen molar-refractivity contribution in [1.82, 2.24) is 9.80 Å². The summed E-state index contributed by atoms with van der Waals surface area (Å²) in [5.41, 5.74) is 0.966. The summed E-state index contributed by atoms with van der Waals surface area (Å²) in [7, 11) is 0. The van der Waals surface area contributed by atoms with E-state index in [1.54, 1.807) is 28.0 Å². The van der Waals surface area contributed by atoms with Crippen LogP contribution in [0.1, 0.15) is 15.9 Å². The molecular weight excluding hydrogens is 414 g/mol. The summed E-state index contributed by atoms with van der Waals surface area (Å²) < 4.78 is 13.2. The van der Waals surface area contributed by atoms with E-state index in [0.717, 1.165) is 6.07 Å². The van der Waals surface area contributed by atoms with Gasteiger partial charge in [0.05, 0.1) is 17.0 Å². The minimum absolute atomic E-state index is 0.0638. The summed E-state index contributed by atoms with van der Waals surface area (Å²) in [6.07, 6.45) is 0.174. The fourth-order valence-corrected chi connectivity index (χ4v) is 3.66. The number of piperazine rings is 1. The predicted octanol–water partition coefficient (Wildman–Crippen LogP) is 4.31. The topological polar surface area (TPSA) is 40.6 Å². The molecule has 0 unspecified atom stereocenters. The molecule has 4 nitrogen and oxygen atoms in total. The summed E-state index contributed by atoms with van der Waals surface area (Å²) in [5, 5.41) is 1.05. The zero-order valence-electron chi connectivity index (χ0n) is 14.2. The molecule has 1 aliphatic heterocycles. The number of carbonyl (C=O) groups excluding carboxylic acids is 2. The van der Waals surface area contributed by atoms with E-state index in [2.05, 4.69) is 0 Å². The van der Waals surface area contributed by atoms with Crippen molar-refractivity contribution in [2.45, 2.75) is 6.42 Å². The molecule has 1 saturated heterocycles. The van der Waals surface area contributed by atoms with E-state index in [-0.39, 0.29) is 28.8 Å². The maximum Gasteiger partial charge on any atom is 0.255 e. The third-order valence-corrected chi connectivity index (χ3v) is 5.34. The molecule has 2 aromatic carbocycles. The molecule has 0 bridgehead atoms. The maximum atomic E-state index is 13.2. The Hall–Kier alpha value is -1.82. The van der Waals surface area contributed by atoms with E-state index in [1.807, 2.05) is 0 Å². The molecule has 2 amide bonds. The smallest absolute Gasteiger partial charge is 0.255 e. The van der Waals surface area contributed by atoms with Gasteiger partial charge in [0, 0.05) is 36.2 Å². The molecule has 27 heavy (non-hydrogen) atoms. The largest absolute Gasteiger partial charge is 0.339 e. The van der Waals surface area contributed by atoms with Crippen LogP contribution in [0.3, 0.4) is 0 Å². The molecule has 2 aromatic rings. The molecular formula is C19H16Cl3FN2O2. The van der Waals surface area contributed by atoms with Crippen molar-refractivity contribution in [3.8, 4) is 0 Å². The minimum atomic E-state index is -0.493. The van der Waals surface area contributed by atoms with Crippen molar-refractivity contribution in [1.29, 1.82) is 0 Å². The third-order valence-electron chi connectivity index (χ3n) is 4.44. The maximum absolute atomic E-state index is 13.2. The second-order valence-electron chi connectivity index (χ2n) is 6.21. The number of hydrogen-bond donors (Lipinski definition) is 0. The van der Waals surface area contributed by atoms with E-state index >= 15 is 0 Å². The van der Waals surface area contributed by atoms with Gasteiger partial charge in [-0.15, -0.1) is 0 Å². The van der Waals surface area contributed by atoms with Crippen molar-refractivity contribution < 1.29 is 14.0 Å². The lowest BCUT2D eigenvalue weighted by Crippen LogP contribution is -2.51. The molecule has 1 aliphatic rings. The summed E-state index contributed by atoms with van der Waals surface area (Å²) in [5.74, 6) is -0.827. The first-order chi connectivity index (χ1) is 12.8.